The van der Waals surface area contributed by atoms with Crippen molar-refractivity contribution in [3.8, 4) is 17.6 Å². The zero-order chi connectivity index (χ0) is 14.2. The summed E-state index contributed by atoms with van der Waals surface area (Å²) in [6.45, 7) is 0.664. The van der Waals surface area contributed by atoms with Crippen molar-refractivity contribution in [1.29, 1.82) is 0 Å². The van der Waals surface area contributed by atoms with Crippen molar-refractivity contribution in [3.63, 3.8) is 0 Å². The lowest BCUT2D eigenvalue weighted by molar-refractivity contribution is 0.295. The highest BCUT2D eigenvalue weighted by Gasteiger charge is 2.00. The number of aliphatic hydroxyl groups excluding tert-OH is 1. The normalized spacial score (nSPS) is 9.65. The van der Waals surface area contributed by atoms with Gasteiger partial charge in [0.1, 0.15) is 19.0 Å². The maximum atomic E-state index is 11.5. The van der Waals surface area contributed by atoms with Gasteiger partial charge in [-0.15, -0.1) is 0 Å². The monoisotopic (exact) mass is 269 g/mol. The molecule has 0 radical (unpaired) electrons. The third-order valence-corrected chi connectivity index (χ3v) is 2.68. The molecule has 0 unspecified atom stereocenters. The number of rotatable bonds is 4. The average Bonchev–Trinajstić information content (AvgIpc) is 2.48. The molecule has 102 valence electrons. The number of nitrogens with zero attached hydrogens (tertiary/aromatic N) is 1. The molecule has 0 aliphatic carbocycles. The largest absolute Gasteiger partial charge is 0.490 e. The van der Waals surface area contributed by atoms with Crippen LogP contribution in [0.2, 0.25) is 0 Å². The number of benzene rings is 1. The molecule has 1 N–H and O–H groups in total. The molecule has 4 heteroatoms. The summed E-state index contributed by atoms with van der Waals surface area (Å²) in [6, 6.07) is 12.4. The van der Waals surface area contributed by atoms with Crippen molar-refractivity contribution in [2.24, 2.45) is 0 Å². The topological polar surface area (TPSA) is 51.5 Å². The van der Waals surface area contributed by atoms with E-state index < -0.39 is 0 Å². The van der Waals surface area contributed by atoms with Crippen LogP contribution in [0.1, 0.15) is 5.56 Å². The zero-order valence-corrected chi connectivity index (χ0v) is 11.0. The Morgan fingerprint density at radius 3 is 2.75 bits per heavy atom. The minimum atomic E-state index is -0.187. The molecule has 0 bridgehead atoms. The van der Waals surface area contributed by atoms with E-state index in [0.717, 1.165) is 5.56 Å². The van der Waals surface area contributed by atoms with E-state index in [4.69, 9.17) is 9.84 Å². The molecule has 20 heavy (non-hydrogen) atoms. The second kappa shape index (κ2) is 7.17. The van der Waals surface area contributed by atoms with Crippen LogP contribution in [0.5, 0.6) is 5.75 Å². The molecular formula is C16H15NO3. The summed E-state index contributed by atoms with van der Waals surface area (Å²) in [5.74, 6) is 6.07. The van der Waals surface area contributed by atoms with Crippen LogP contribution in [0, 0.1) is 11.8 Å². The van der Waals surface area contributed by atoms with Gasteiger partial charge < -0.3 is 14.4 Å². The van der Waals surface area contributed by atoms with Crippen LogP contribution in [0.3, 0.4) is 0 Å². The quantitative estimate of drug-likeness (QED) is 0.850. The molecule has 0 spiro atoms. The summed E-state index contributed by atoms with van der Waals surface area (Å²) in [6.07, 6.45) is 1.73. The molecule has 2 aromatic rings. The molecule has 1 aromatic carbocycles. The zero-order valence-electron chi connectivity index (χ0n) is 11.0. The van der Waals surface area contributed by atoms with Gasteiger partial charge in [-0.25, -0.2) is 0 Å². The highest BCUT2D eigenvalue weighted by atomic mass is 16.5. The van der Waals surface area contributed by atoms with Gasteiger partial charge >= 0.3 is 0 Å². The molecule has 0 amide bonds. The van der Waals surface area contributed by atoms with Gasteiger partial charge in [-0.3, -0.25) is 4.79 Å². The fraction of sp³-hybridized carbons (Fsp3) is 0.188. The number of hydrogen-bond acceptors (Lipinski definition) is 3. The molecule has 0 atom stereocenters. The number of aliphatic hydroxyl groups is 1. The van der Waals surface area contributed by atoms with Crippen molar-refractivity contribution >= 4 is 0 Å². The first-order valence-corrected chi connectivity index (χ1v) is 6.28. The lowest BCUT2D eigenvalue weighted by Crippen LogP contribution is -2.21. The van der Waals surface area contributed by atoms with Gasteiger partial charge in [0.2, 0.25) is 0 Å². The molecule has 1 aromatic heterocycles. The van der Waals surface area contributed by atoms with E-state index in [1.165, 1.54) is 6.07 Å². The SMILES string of the molecule is O=c1ccccn1CCOc1ccccc1C#CCO. The van der Waals surface area contributed by atoms with Crippen LogP contribution >= 0.6 is 0 Å². The summed E-state index contributed by atoms with van der Waals surface area (Å²) >= 11 is 0. The molecule has 0 saturated carbocycles. The van der Waals surface area contributed by atoms with Gasteiger partial charge in [-0.05, 0) is 18.2 Å². The molecular weight excluding hydrogens is 254 g/mol. The fourth-order valence-electron chi connectivity index (χ4n) is 1.73. The van der Waals surface area contributed by atoms with Crippen LogP contribution in [0.25, 0.3) is 0 Å². The number of aromatic nitrogens is 1. The Kier molecular flexibility index (Phi) is 4.99. The highest BCUT2D eigenvalue weighted by Crippen LogP contribution is 2.16. The molecule has 1 heterocycles. The molecule has 0 aliphatic heterocycles. The van der Waals surface area contributed by atoms with E-state index in [1.807, 2.05) is 30.3 Å². The maximum absolute atomic E-state index is 11.5. The van der Waals surface area contributed by atoms with Crippen LogP contribution in [-0.4, -0.2) is 22.9 Å². The first-order valence-electron chi connectivity index (χ1n) is 6.28. The summed E-state index contributed by atoms with van der Waals surface area (Å²) in [5.41, 5.74) is 0.673. The summed E-state index contributed by atoms with van der Waals surface area (Å²) in [5, 5.41) is 8.72. The predicted octanol–water partition coefficient (Wildman–Crippen LogP) is 1.27. The third kappa shape index (κ3) is 3.74. The number of pyridine rings is 1. The van der Waals surface area contributed by atoms with Gasteiger partial charge in [0.05, 0.1) is 12.1 Å². The Bertz CT molecular complexity index is 680. The first kappa shape index (κ1) is 13.9. The fourth-order valence-corrected chi connectivity index (χ4v) is 1.73. The number of ether oxygens (including phenoxy) is 1. The molecule has 2 rings (SSSR count). The van der Waals surface area contributed by atoms with Gasteiger partial charge in [-0.2, -0.15) is 0 Å². The summed E-state index contributed by atoms with van der Waals surface area (Å²) in [7, 11) is 0. The van der Waals surface area contributed by atoms with Crippen molar-refractivity contribution in [2.45, 2.75) is 6.54 Å². The van der Waals surface area contributed by atoms with Crippen molar-refractivity contribution in [2.75, 3.05) is 13.2 Å². The van der Waals surface area contributed by atoms with E-state index in [0.29, 0.717) is 18.9 Å². The molecule has 0 saturated heterocycles. The van der Waals surface area contributed by atoms with Crippen LogP contribution in [-0.2, 0) is 6.54 Å². The molecule has 0 aliphatic rings. The van der Waals surface area contributed by atoms with Gasteiger partial charge in [-0.1, -0.05) is 30.0 Å². The van der Waals surface area contributed by atoms with Crippen molar-refractivity contribution in [1.82, 2.24) is 4.57 Å². The standard InChI is InChI=1S/C16H15NO3/c18-12-5-7-14-6-1-2-8-15(14)20-13-11-17-10-4-3-9-16(17)19/h1-4,6,8-10,18H,11-13H2. The van der Waals surface area contributed by atoms with E-state index >= 15 is 0 Å². The Morgan fingerprint density at radius 1 is 1.15 bits per heavy atom. The Hall–Kier alpha value is -2.51. The van der Waals surface area contributed by atoms with E-state index in [2.05, 4.69) is 11.8 Å². The molecule has 0 fully saturated rings. The summed E-state index contributed by atoms with van der Waals surface area (Å²) in [4.78, 5) is 11.5. The lowest BCUT2D eigenvalue weighted by Gasteiger charge is -2.09. The van der Waals surface area contributed by atoms with Crippen molar-refractivity contribution < 1.29 is 9.84 Å². The predicted molar refractivity (Wildman–Crippen MR) is 76.6 cm³/mol. The first-order chi connectivity index (χ1) is 9.81. The van der Waals surface area contributed by atoms with Crippen LogP contribution in [0.4, 0.5) is 0 Å². The average molecular weight is 269 g/mol. The molecule has 4 nitrogen and oxygen atoms in total. The minimum absolute atomic E-state index is 0.0514. The van der Waals surface area contributed by atoms with Crippen LogP contribution in [0.15, 0.2) is 53.5 Å². The van der Waals surface area contributed by atoms with Gasteiger partial charge in [0.25, 0.3) is 5.56 Å². The van der Waals surface area contributed by atoms with Crippen LogP contribution < -0.4 is 10.3 Å². The maximum Gasteiger partial charge on any atom is 0.250 e. The van der Waals surface area contributed by atoms with Gasteiger partial charge in [0.15, 0.2) is 0 Å². The van der Waals surface area contributed by atoms with E-state index in [-0.39, 0.29) is 12.2 Å². The minimum Gasteiger partial charge on any atom is -0.490 e. The lowest BCUT2D eigenvalue weighted by atomic mass is 10.2. The van der Waals surface area contributed by atoms with E-state index in [1.54, 1.807) is 16.8 Å². The summed E-state index contributed by atoms with van der Waals surface area (Å²) < 4.78 is 7.23. The Morgan fingerprint density at radius 2 is 1.95 bits per heavy atom. The second-order valence-corrected chi connectivity index (χ2v) is 4.04. The number of para-hydroxylation sites is 1. The van der Waals surface area contributed by atoms with E-state index in [9.17, 15) is 4.79 Å². The smallest absolute Gasteiger partial charge is 0.250 e. The second-order valence-electron chi connectivity index (χ2n) is 4.04. The Balaban J connectivity index is 2.01. The van der Waals surface area contributed by atoms with Crippen molar-refractivity contribution in [3.05, 3.63) is 64.6 Å². The number of hydrogen-bond donors (Lipinski definition) is 1. The third-order valence-electron chi connectivity index (χ3n) is 2.68. The Labute approximate surface area is 117 Å². The van der Waals surface area contributed by atoms with Gasteiger partial charge in [0, 0.05) is 12.3 Å². The highest BCUT2D eigenvalue weighted by molar-refractivity contribution is 5.45.